The first-order valence-corrected chi connectivity index (χ1v) is 8.64. The van der Waals surface area contributed by atoms with Gasteiger partial charge in [0.15, 0.2) is 4.90 Å². The number of rotatable bonds is 5. The number of halogens is 1. The number of aryl methyl sites for hydroxylation is 1. The zero-order valence-electron chi connectivity index (χ0n) is 12.2. The van der Waals surface area contributed by atoms with Gasteiger partial charge < -0.3 is 4.74 Å². The summed E-state index contributed by atoms with van der Waals surface area (Å²) in [5.41, 5.74) is -0.0217. The van der Waals surface area contributed by atoms with E-state index in [-0.39, 0.29) is 16.1 Å². The molecule has 1 N–H and O–H groups in total. The number of hydrogen-bond acceptors (Lipinski definition) is 5. The molecule has 0 aliphatic carbocycles. The molecule has 23 heavy (non-hydrogen) atoms. The molecule has 2 rings (SSSR count). The first-order chi connectivity index (χ1) is 10.8. The molecule has 0 aliphatic rings. The lowest BCUT2D eigenvalue weighted by atomic mass is 10.2. The normalized spacial score (nSPS) is 11.1. The second kappa shape index (κ2) is 6.55. The Morgan fingerprint density at radius 1 is 1.26 bits per heavy atom. The van der Waals surface area contributed by atoms with Crippen molar-refractivity contribution in [1.82, 2.24) is 0 Å². The van der Waals surface area contributed by atoms with Crippen LogP contribution in [0, 0.1) is 17.0 Å². The minimum Gasteiger partial charge on any atom is -0.495 e. The molecule has 0 aliphatic heterocycles. The predicted molar refractivity (Wildman–Crippen MR) is 89.3 cm³/mol. The van der Waals surface area contributed by atoms with Gasteiger partial charge in [0, 0.05) is 10.5 Å². The molecule has 0 spiro atoms. The quantitative estimate of drug-likeness (QED) is 0.611. The fraction of sp³-hybridized carbons (Fsp3) is 0.143. The van der Waals surface area contributed by atoms with Gasteiger partial charge in [0.05, 0.1) is 17.7 Å². The van der Waals surface area contributed by atoms with E-state index in [0.717, 1.165) is 6.07 Å². The summed E-state index contributed by atoms with van der Waals surface area (Å²) in [6.07, 6.45) is 0. The molecule has 0 heterocycles. The first kappa shape index (κ1) is 17.2. The van der Waals surface area contributed by atoms with Crippen LogP contribution in [0.25, 0.3) is 0 Å². The number of sulfonamides is 1. The van der Waals surface area contributed by atoms with Crippen LogP contribution >= 0.6 is 15.9 Å². The summed E-state index contributed by atoms with van der Waals surface area (Å²) in [7, 11) is -2.76. The van der Waals surface area contributed by atoms with E-state index >= 15 is 0 Å². The van der Waals surface area contributed by atoms with Crippen molar-refractivity contribution in [3.05, 3.63) is 56.5 Å². The van der Waals surface area contributed by atoms with Gasteiger partial charge in [0.25, 0.3) is 15.7 Å². The third kappa shape index (κ3) is 3.62. The van der Waals surface area contributed by atoms with Crippen LogP contribution in [0.5, 0.6) is 5.75 Å². The Morgan fingerprint density at radius 3 is 2.57 bits per heavy atom. The SMILES string of the molecule is COc1ccc(Br)cc1NS(=O)(=O)c1c(C)cccc1[N+](=O)[O-]. The van der Waals surface area contributed by atoms with Crippen LogP contribution in [0.3, 0.4) is 0 Å². The Labute approximate surface area is 141 Å². The molecule has 0 fully saturated rings. The minimum atomic E-state index is -4.16. The molecular formula is C14H13BrN2O5S. The molecule has 122 valence electrons. The second-order valence-corrected chi connectivity index (χ2v) is 7.17. The van der Waals surface area contributed by atoms with Crippen LogP contribution in [0.15, 0.2) is 45.8 Å². The largest absolute Gasteiger partial charge is 0.495 e. The number of ether oxygens (including phenoxy) is 1. The molecule has 0 radical (unpaired) electrons. The summed E-state index contributed by atoms with van der Waals surface area (Å²) in [4.78, 5) is 10.0. The highest BCUT2D eigenvalue weighted by molar-refractivity contribution is 9.10. The molecule has 0 amide bonds. The number of methoxy groups -OCH3 is 1. The van der Waals surface area contributed by atoms with Gasteiger partial charge >= 0.3 is 0 Å². The average Bonchev–Trinajstić information content (AvgIpc) is 2.46. The second-order valence-electron chi connectivity index (χ2n) is 4.63. The fourth-order valence-corrected chi connectivity index (χ4v) is 3.91. The Balaban J connectivity index is 2.57. The summed E-state index contributed by atoms with van der Waals surface area (Å²) >= 11 is 3.24. The van der Waals surface area contributed by atoms with Crippen molar-refractivity contribution in [2.45, 2.75) is 11.8 Å². The molecular weight excluding hydrogens is 388 g/mol. The zero-order chi connectivity index (χ0) is 17.2. The number of nitro benzene ring substituents is 1. The molecule has 2 aromatic rings. The standard InChI is InChI=1S/C14H13BrN2O5S/c1-9-4-3-5-12(17(18)19)14(9)23(20,21)16-11-8-10(15)6-7-13(11)22-2/h3-8,16H,1-2H3. The Bertz CT molecular complexity index is 867. The summed E-state index contributed by atoms with van der Waals surface area (Å²) in [5, 5.41) is 11.1. The lowest BCUT2D eigenvalue weighted by molar-refractivity contribution is -0.387. The van der Waals surface area contributed by atoms with E-state index in [2.05, 4.69) is 20.7 Å². The predicted octanol–water partition coefficient (Wildman–Crippen LogP) is 3.48. The van der Waals surface area contributed by atoms with Gasteiger partial charge in [0.1, 0.15) is 5.75 Å². The maximum atomic E-state index is 12.6. The highest BCUT2D eigenvalue weighted by Crippen LogP contribution is 2.33. The monoisotopic (exact) mass is 400 g/mol. The van der Waals surface area contributed by atoms with Crippen molar-refractivity contribution in [3.63, 3.8) is 0 Å². The van der Waals surface area contributed by atoms with Gasteiger partial charge in [-0.15, -0.1) is 0 Å². The summed E-state index contributed by atoms with van der Waals surface area (Å²) in [6.45, 7) is 1.50. The van der Waals surface area contributed by atoms with Crippen molar-refractivity contribution in [2.24, 2.45) is 0 Å². The van der Waals surface area contributed by atoms with Crippen molar-refractivity contribution in [2.75, 3.05) is 11.8 Å². The van der Waals surface area contributed by atoms with Crippen molar-refractivity contribution in [3.8, 4) is 5.75 Å². The van der Waals surface area contributed by atoms with Gasteiger partial charge in [-0.3, -0.25) is 14.8 Å². The molecule has 2 aromatic carbocycles. The van der Waals surface area contributed by atoms with E-state index < -0.39 is 20.6 Å². The van der Waals surface area contributed by atoms with Crippen LogP contribution in [0.4, 0.5) is 11.4 Å². The highest BCUT2D eigenvalue weighted by atomic mass is 79.9. The van der Waals surface area contributed by atoms with Gasteiger partial charge in [-0.2, -0.15) is 0 Å². The number of nitrogens with zero attached hydrogens (tertiary/aromatic N) is 1. The number of anilines is 1. The third-order valence-corrected chi connectivity index (χ3v) is 5.11. The molecule has 0 unspecified atom stereocenters. The Kier molecular flexibility index (Phi) is 4.90. The first-order valence-electron chi connectivity index (χ1n) is 6.36. The minimum absolute atomic E-state index is 0.180. The number of hydrogen-bond donors (Lipinski definition) is 1. The Hall–Kier alpha value is -2.13. The van der Waals surface area contributed by atoms with E-state index in [4.69, 9.17) is 4.74 Å². The van der Waals surface area contributed by atoms with E-state index in [1.54, 1.807) is 12.1 Å². The van der Waals surface area contributed by atoms with E-state index in [0.29, 0.717) is 10.2 Å². The topological polar surface area (TPSA) is 98.5 Å². The van der Waals surface area contributed by atoms with Crippen molar-refractivity contribution >= 4 is 37.3 Å². The number of benzene rings is 2. The van der Waals surface area contributed by atoms with Crippen molar-refractivity contribution < 1.29 is 18.1 Å². The summed E-state index contributed by atoms with van der Waals surface area (Å²) in [6, 6.07) is 8.87. The molecule has 0 saturated heterocycles. The van der Waals surface area contributed by atoms with Crippen LogP contribution in [-0.2, 0) is 10.0 Å². The summed E-state index contributed by atoms with van der Waals surface area (Å²) < 4.78 is 33.4. The molecule has 7 nitrogen and oxygen atoms in total. The molecule has 0 atom stereocenters. The van der Waals surface area contributed by atoms with Crippen molar-refractivity contribution in [1.29, 1.82) is 0 Å². The third-order valence-electron chi connectivity index (χ3n) is 3.06. The van der Waals surface area contributed by atoms with E-state index in [1.807, 2.05) is 0 Å². The fourth-order valence-electron chi connectivity index (χ4n) is 2.09. The van der Waals surface area contributed by atoms with Gasteiger partial charge in [-0.25, -0.2) is 8.42 Å². The zero-order valence-corrected chi connectivity index (χ0v) is 14.6. The van der Waals surface area contributed by atoms with Crippen LogP contribution < -0.4 is 9.46 Å². The summed E-state index contributed by atoms with van der Waals surface area (Å²) in [5.74, 6) is 0.299. The molecule has 0 saturated carbocycles. The van der Waals surface area contributed by atoms with Gasteiger partial charge in [-0.05, 0) is 30.7 Å². The van der Waals surface area contributed by atoms with E-state index in [1.165, 1.54) is 32.2 Å². The number of nitrogens with one attached hydrogen (secondary N) is 1. The smallest absolute Gasteiger partial charge is 0.290 e. The lowest BCUT2D eigenvalue weighted by Crippen LogP contribution is -2.16. The molecule has 9 heteroatoms. The lowest BCUT2D eigenvalue weighted by Gasteiger charge is -2.13. The van der Waals surface area contributed by atoms with Crippen LogP contribution in [0.2, 0.25) is 0 Å². The van der Waals surface area contributed by atoms with E-state index in [9.17, 15) is 18.5 Å². The van der Waals surface area contributed by atoms with Crippen LogP contribution in [0.1, 0.15) is 5.56 Å². The number of nitro groups is 1. The average molecular weight is 401 g/mol. The highest BCUT2D eigenvalue weighted by Gasteiger charge is 2.28. The van der Waals surface area contributed by atoms with Gasteiger partial charge in [0.2, 0.25) is 0 Å². The molecule has 0 bridgehead atoms. The van der Waals surface area contributed by atoms with Gasteiger partial charge in [-0.1, -0.05) is 28.1 Å². The van der Waals surface area contributed by atoms with Crippen LogP contribution in [-0.4, -0.2) is 20.5 Å². The Morgan fingerprint density at radius 2 is 1.96 bits per heavy atom. The molecule has 0 aromatic heterocycles. The maximum absolute atomic E-state index is 12.6. The maximum Gasteiger partial charge on any atom is 0.290 e.